The lowest BCUT2D eigenvalue weighted by Crippen LogP contribution is -2.70. The third-order valence-electron chi connectivity index (χ3n) is 7.53. The van der Waals surface area contributed by atoms with Crippen molar-refractivity contribution in [2.24, 2.45) is 0 Å². The molecule has 1 saturated heterocycles. The fourth-order valence-corrected chi connectivity index (χ4v) is 4.91. The van der Waals surface area contributed by atoms with Crippen LogP contribution >= 0.6 is 0 Å². The van der Waals surface area contributed by atoms with Crippen LogP contribution in [0.15, 0.2) is 18.2 Å². The van der Waals surface area contributed by atoms with Gasteiger partial charge in [-0.2, -0.15) is 0 Å². The second-order valence-electron chi connectivity index (χ2n) is 10.2. The smallest absolute Gasteiger partial charge is 0.255 e. The maximum atomic E-state index is 15.0. The number of halogens is 1. The number of fused-ring (bicyclic) bond motifs is 1. The van der Waals surface area contributed by atoms with E-state index in [1.165, 1.54) is 18.2 Å². The van der Waals surface area contributed by atoms with E-state index >= 15 is 0 Å². The zero-order valence-corrected chi connectivity index (χ0v) is 22.8. The minimum absolute atomic E-state index is 0.0104. The molecule has 2 amide bonds. The van der Waals surface area contributed by atoms with E-state index in [-0.39, 0.29) is 35.3 Å². The molecule has 0 saturated carbocycles. The molecule has 2 heterocycles. The maximum absolute atomic E-state index is 15.0. The summed E-state index contributed by atoms with van der Waals surface area (Å²) >= 11 is 0. The van der Waals surface area contributed by atoms with Gasteiger partial charge in [-0.15, -0.1) is 0 Å². The number of likely N-dealkylation sites (N-methyl/N-ethyl adjacent to an activating group) is 1. The molecule has 1 fully saturated rings. The Morgan fingerprint density at radius 3 is 2.45 bits per heavy atom. The average Bonchev–Trinajstić information content (AvgIpc) is 3.30. The molecule has 0 bridgehead atoms. The SMILES string of the molecule is BC(O)(C=O)C(O)(O)C(C(=O)NC)N1Cc2c(OCc3c(O)c(CN4CCOCC4)c(O)c(O)c3F)cccc2C1=O. The molecule has 0 aliphatic carbocycles. The van der Waals surface area contributed by atoms with Crippen molar-refractivity contribution in [3.05, 3.63) is 46.3 Å². The number of phenolic OH excluding ortho intramolecular Hbond substituents is 3. The number of aromatic hydroxyl groups is 3. The second-order valence-corrected chi connectivity index (χ2v) is 10.2. The van der Waals surface area contributed by atoms with Crippen LogP contribution in [0.1, 0.15) is 27.0 Å². The molecule has 42 heavy (non-hydrogen) atoms. The Hall–Kier alpha value is -3.96. The number of phenols is 3. The van der Waals surface area contributed by atoms with Crippen LogP contribution in [-0.4, -0.2) is 117 Å². The van der Waals surface area contributed by atoms with Crippen molar-refractivity contribution >= 4 is 25.9 Å². The van der Waals surface area contributed by atoms with E-state index in [0.29, 0.717) is 26.3 Å². The summed E-state index contributed by atoms with van der Waals surface area (Å²) < 4.78 is 26.0. The van der Waals surface area contributed by atoms with Crippen molar-refractivity contribution in [1.29, 1.82) is 0 Å². The van der Waals surface area contributed by atoms with Crippen LogP contribution in [0.3, 0.4) is 0 Å². The van der Waals surface area contributed by atoms with E-state index in [9.17, 15) is 49.4 Å². The lowest BCUT2D eigenvalue weighted by atomic mass is 9.72. The lowest BCUT2D eigenvalue weighted by molar-refractivity contribution is -0.256. The van der Waals surface area contributed by atoms with E-state index in [2.05, 4.69) is 5.32 Å². The first-order valence-corrected chi connectivity index (χ1v) is 12.9. The van der Waals surface area contributed by atoms with Crippen LogP contribution in [0.5, 0.6) is 23.0 Å². The number of carbonyl (C=O) groups excluding carboxylic acids is 3. The molecule has 16 heteroatoms. The Morgan fingerprint density at radius 1 is 1.17 bits per heavy atom. The van der Waals surface area contributed by atoms with Crippen LogP contribution in [0.25, 0.3) is 0 Å². The summed E-state index contributed by atoms with van der Waals surface area (Å²) in [5.41, 5.74) is -3.31. The summed E-state index contributed by atoms with van der Waals surface area (Å²) in [5, 5.41) is 65.3. The van der Waals surface area contributed by atoms with Gasteiger partial charge in [0.1, 0.15) is 29.9 Å². The van der Waals surface area contributed by atoms with Crippen LogP contribution < -0.4 is 10.1 Å². The Kier molecular flexibility index (Phi) is 8.66. The van der Waals surface area contributed by atoms with Gasteiger partial charge in [0.15, 0.2) is 31.2 Å². The number of nitrogens with zero attached hydrogens (tertiary/aromatic N) is 2. The molecule has 0 radical (unpaired) electrons. The van der Waals surface area contributed by atoms with Gasteiger partial charge in [0.2, 0.25) is 11.7 Å². The van der Waals surface area contributed by atoms with Gasteiger partial charge in [-0.1, -0.05) is 6.07 Å². The van der Waals surface area contributed by atoms with Crippen molar-refractivity contribution in [3.8, 4) is 23.0 Å². The Bertz CT molecular complexity index is 1400. The third kappa shape index (κ3) is 5.34. The van der Waals surface area contributed by atoms with E-state index in [1.54, 1.807) is 0 Å². The van der Waals surface area contributed by atoms with E-state index in [0.717, 1.165) is 19.8 Å². The number of aldehydes is 1. The first-order valence-electron chi connectivity index (χ1n) is 12.9. The highest BCUT2D eigenvalue weighted by molar-refractivity contribution is 6.24. The van der Waals surface area contributed by atoms with E-state index < -0.39 is 70.9 Å². The predicted octanol–water partition coefficient (Wildman–Crippen LogP) is -2.37. The minimum atomic E-state index is -3.41. The molecule has 2 aromatic rings. The molecule has 2 atom stereocenters. The first kappa shape index (κ1) is 31.0. The summed E-state index contributed by atoms with van der Waals surface area (Å²) in [6.45, 7) is 0.674. The fourth-order valence-electron chi connectivity index (χ4n) is 4.91. The van der Waals surface area contributed by atoms with Gasteiger partial charge in [-0.3, -0.25) is 14.5 Å². The molecular formula is C26H31BFN3O11. The number of aliphatic hydroxyl groups is 3. The number of morpholine rings is 1. The van der Waals surface area contributed by atoms with Gasteiger partial charge in [0.05, 0.1) is 30.9 Å². The van der Waals surface area contributed by atoms with Crippen LogP contribution in [0.4, 0.5) is 4.39 Å². The van der Waals surface area contributed by atoms with Crippen molar-refractivity contribution in [3.63, 3.8) is 0 Å². The van der Waals surface area contributed by atoms with Gasteiger partial charge in [0, 0.05) is 37.8 Å². The number of hydrogen-bond acceptors (Lipinski definition) is 12. The van der Waals surface area contributed by atoms with Crippen LogP contribution in [0.2, 0.25) is 0 Å². The van der Waals surface area contributed by atoms with Crippen molar-refractivity contribution < 1.29 is 58.9 Å². The number of ether oxygens (including phenoxy) is 2. The maximum Gasteiger partial charge on any atom is 0.255 e. The topological polar surface area (TPSA) is 210 Å². The highest BCUT2D eigenvalue weighted by Crippen LogP contribution is 2.43. The molecule has 2 aliphatic heterocycles. The first-order chi connectivity index (χ1) is 19.8. The molecule has 226 valence electrons. The number of amides is 2. The van der Waals surface area contributed by atoms with Crippen molar-refractivity contribution in [2.45, 2.75) is 37.0 Å². The summed E-state index contributed by atoms with van der Waals surface area (Å²) in [6.07, 6.45) is -0.174. The van der Waals surface area contributed by atoms with Gasteiger partial charge in [-0.05, 0) is 12.1 Å². The lowest BCUT2D eigenvalue weighted by Gasteiger charge is -2.41. The summed E-state index contributed by atoms with van der Waals surface area (Å²) in [5.74, 6) is -9.22. The normalized spacial score (nSPS) is 17.8. The Balaban J connectivity index is 1.64. The Morgan fingerprint density at radius 2 is 1.83 bits per heavy atom. The van der Waals surface area contributed by atoms with Crippen molar-refractivity contribution in [1.82, 2.24) is 15.1 Å². The summed E-state index contributed by atoms with van der Waals surface area (Å²) in [4.78, 5) is 40.0. The fraction of sp³-hybridized carbons (Fsp3) is 0.423. The number of carbonyl (C=O) groups is 3. The zero-order chi connectivity index (χ0) is 31.0. The highest BCUT2D eigenvalue weighted by Gasteiger charge is 2.57. The molecular weight excluding hydrogens is 560 g/mol. The number of benzene rings is 2. The standard InChI is InChI=1S/C26H31BFN3O11/c1-29-23(36)22(26(39,40)25(27,38)12-32)31-10-14-13(24(31)37)3-2-4-17(14)42-11-16-18(28)21(35)20(34)15(19(16)33)9-30-5-7-41-8-6-30/h2-4,12,22,33-35,38-40H,5-11,27H2,1H3,(H,29,36). The highest BCUT2D eigenvalue weighted by atomic mass is 19.1. The second kappa shape index (κ2) is 11.7. The number of rotatable bonds is 10. The molecule has 14 nitrogen and oxygen atoms in total. The molecule has 0 spiro atoms. The van der Waals surface area contributed by atoms with Gasteiger partial charge in [-0.25, -0.2) is 4.39 Å². The summed E-state index contributed by atoms with van der Waals surface area (Å²) in [6, 6.07) is 2.03. The Labute approximate surface area is 239 Å². The molecule has 2 aliphatic rings. The van der Waals surface area contributed by atoms with E-state index in [4.69, 9.17) is 9.47 Å². The predicted molar refractivity (Wildman–Crippen MR) is 143 cm³/mol. The molecule has 7 N–H and O–H groups in total. The van der Waals surface area contributed by atoms with Gasteiger partial charge < -0.3 is 55.1 Å². The van der Waals surface area contributed by atoms with Gasteiger partial charge >= 0.3 is 0 Å². The molecule has 2 aromatic carbocycles. The largest absolute Gasteiger partial charge is 0.507 e. The number of hydrogen-bond donors (Lipinski definition) is 7. The van der Waals surface area contributed by atoms with Crippen molar-refractivity contribution in [2.75, 3.05) is 33.4 Å². The van der Waals surface area contributed by atoms with E-state index in [1.807, 2.05) is 4.90 Å². The number of nitrogens with one attached hydrogen (secondary N) is 1. The van der Waals surface area contributed by atoms with Crippen LogP contribution in [0, 0.1) is 5.82 Å². The average molecular weight is 591 g/mol. The quantitative estimate of drug-likeness (QED) is 0.0508. The molecule has 2 unspecified atom stereocenters. The van der Waals surface area contributed by atoms with Crippen LogP contribution in [-0.2, 0) is 34.0 Å². The monoisotopic (exact) mass is 591 g/mol. The minimum Gasteiger partial charge on any atom is -0.507 e. The molecule has 4 rings (SSSR count). The third-order valence-corrected chi connectivity index (χ3v) is 7.53. The summed E-state index contributed by atoms with van der Waals surface area (Å²) in [7, 11) is 1.92. The van der Waals surface area contributed by atoms with Gasteiger partial charge in [0.25, 0.3) is 5.91 Å². The zero-order valence-electron chi connectivity index (χ0n) is 22.8. The molecule has 0 aromatic heterocycles.